The van der Waals surface area contributed by atoms with Gasteiger partial charge in [-0.05, 0) is 19.3 Å². The van der Waals surface area contributed by atoms with Gasteiger partial charge in [0.1, 0.15) is 5.56 Å². The molecular weight excluding hydrogens is 222 g/mol. The van der Waals surface area contributed by atoms with Crippen molar-refractivity contribution in [3.8, 4) is 0 Å². The number of hydrogen-bond acceptors (Lipinski definition) is 5. The monoisotopic (exact) mass is 237 g/mol. The number of rotatable bonds is 3. The average Bonchev–Trinajstić information content (AvgIpc) is 2.39. The van der Waals surface area contributed by atoms with Crippen molar-refractivity contribution in [2.24, 2.45) is 0 Å². The summed E-state index contributed by atoms with van der Waals surface area (Å²) in [6.07, 6.45) is 4.67. The number of aliphatic hydroxyl groups excluding tert-OH is 1. The molecule has 92 valence electrons. The molecule has 6 heteroatoms. The first-order valence-corrected chi connectivity index (χ1v) is 5.67. The Hall–Kier alpha value is -1.69. The molecule has 0 saturated carbocycles. The van der Waals surface area contributed by atoms with Crippen molar-refractivity contribution in [3.05, 3.63) is 17.5 Å². The molecule has 1 aromatic rings. The van der Waals surface area contributed by atoms with Crippen molar-refractivity contribution in [2.75, 3.05) is 18.0 Å². The van der Waals surface area contributed by atoms with Crippen LogP contribution in [-0.4, -0.2) is 39.2 Å². The number of aromatic carboxylic acids is 1. The number of hydrogen-bond donors (Lipinski definition) is 2. The highest BCUT2D eigenvalue weighted by Gasteiger charge is 2.17. The van der Waals surface area contributed by atoms with Crippen LogP contribution < -0.4 is 4.90 Å². The lowest BCUT2D eigenvalue weighted by Gasteiger charge is -2.26. The molecule has 0 bridgehead atoms. The molecule has 17 heavy (non-hydrogen) atoms. The molecule has 2 rings (SSSR count). The minimum atomic E-state index is -1.11. The highest BCUT2D eigenvalue weighted by molar-refractivity contribution is 5.88. The summed E-state index contributed by atoms with van der Waals surface area (Å²) in [6, 6.07) is 0. The molecule has 0 aliphatic carbocycles. The van der Waals surface area contributed by atoms with Crippen LogP contribution in [0, 0.1) is 0 Å². The van der Waals surface area contributed by atoms with E-state index in [0.717, 1.165) is 25.9 Å². The van der Waals surface area contributed by atoms with E-state index in [2.05, 4.69) is 9.97 Å². The average molecular weight is 237 g/mol. The molecule has 0 spiro atoms. The fourth-order valence-corrected chi connectivity index (χ4v) is 1.95. The summed E-state index contributed by atoms with van der Waals surface area (Å²) in [5.74, 6) is -0.599. The van der Waals surface area contributed by atoms with Crippen molar-refractivity contribution in [1.82, 2.24) is 9.97 Å². The summed E-state index contributed by atoms with van der Waals surface area (Å²) in [6.45, 7) is 1.39. The third-order valence-corrected chi connectivity index (χ3v) is 2.87. The van der Waals surface area contributed by atoms with Crippen LogP contribution in [0.1, 0.15) is 35.3 Å². The van der Waals surface area contributed by atoms with Crippen LogP contribution >= 0.6 is 0 Å². The second kappa shape index (κ2) is 5.09. The number of piperidine rings is 1. The first kappa shape index (κ1) is 11.8. The molecule has 1 saturated heterocycles. The van der Waals surface area contributed by atoms with Crippen LogP contribution in [-0.2, 0) is 6.61 Å². The Balaban J connectivity index is 2.27. The summed E-state index contributed by atoms with van der Waals surface area (Å²) in [4.78, 5) is 21.1. The summed E-state index contributed by atoms with van der Waals surface area (Å²) >= 11 is 0. The molecular formula is C11H15N3O3. The maximum Gasteiger partial charge on any atom is 0.339 e. The van der Waals surface area contributed by atoms with Crippen LogP contribution in [0.5, 0.6) is 0 Å². The molecule has 2 heterocycles. The summed E-state index contributed by atoms with van der Waals surface area (Å²) in [7, 11) is 0. The maximum atomic E-state index is 10.9. The standard InChI is InChI=1S/C11H15N3O3/c15-7-9-8(10(16)17)6-12-11(13-9)14-4-2-1-3-5-14/h6,15H,1-5,7H2,(H,16,17). The van der Waals surface area contributed by atoms with Gasteiger partial charge in [0.2, 0.25) is 5.95 Å². The van der Waals surface area contributed by atoms with Gasteiger partial charge in [0.25, 0.3) is 0 Å². The zero-order valence-electron chi connectivity index (χ0n) is 9.46. The lowest BCUT2D eigenvalue weighted by atomic mass is 10.1. The highest BCUT2D eigenvalue weighted by Crippen LogP contribution is 2.17. The smallest absolute Gasteiger partial charge is 0.339 e. The van der Waals surface area contributed by atoms with E-state index < -0.39 is 5.97 Å². The van der Waals surface area contributed by atoms with Gasteiger partial charge >= 0.3 is 5.97 Å². The fraction of sp³-hybridized carbons (Fsp3) is 0.545. The van der Waals surface area contributed by atoms with E-state index in [1.54, 1.807) is 0 Å². The van der Waals surface area contributed by atoms with Crippen LogP contribution in [0.15, 0.2) is 6.20 Å². The third kappa shape index (κ3) is 2.52. The van der Waals surface area contributed by atoms with Gasteiger partial charge in [-0.25, -0.2) is 14.8 Å². The predicted octanol–water partition coefficient (Wildman–Crippen LogP) is 0.657. The van der Waals surface area contributed by atoms with Crippen LogP contribution in [0.25, 0.3) is 0 Å². The Morgan fingerprint density at radius 1 is 1.35 bits per heavy atom. The van der Waals surface area contributed by atoms with Gasteiger partial charge in [-0.15, -0.1) is 0 Å². The fourth-order valence-electron chi connectivity index (χ4n) is 1.95. The SMILES string of the molecule is O=C(O)c1cnc(N2CCCCC2)nc1CO. The van der Waals surface area contributed by atoms with E-state index in [4.69, 9.17) is 10.2 Å². The number of anilines is 1. The molecule has 6 nitrogen and oxygen atoms in total. The molecule has 1 aliphatic rings. The number of aromatic nitrogens is 2. The Morgan fingerprint density at radius 2 is 2.06 bits per heavy atom. The quantitative estimate of drug-likeness (QED) is 0.803. The minimum Gasteiger partial charge on any atom is -0.478 e. The first-order valence-electron chi connectivity index (χ1n) is 5.67. The molecule has 0 atom stereocenters. The van der Waals surface area contributed by atoms with Crippen molar-refractivity contribution in [3.63, 3.8) is 0 Å². The van der Waals surface area contributed by atoms with Gasteiger partial charge < -0.3 is 15.1 Å². The summed E-state index contributed by atoms with van der Waals surface area (Å²) in [5.41, 5.74) is 0.140. The van der Waals surface area contributed by atoms with E-state index in [-0.39, 0.29) is 17.9 Å². The number of carboxylic acids is 1. The Bertz CT molecular complexity index is 416. The number of aliphatic hydroxyl groups is 1. The lowest BCUT2D eigenvalue weighted by molar-refractivity contribution is 0.0692. The molecule has 2 N–H and O–H groups in total. The number of carbonyl (C=O) groups is 1. The highest BCUT2D eigenvalue weighted by atomic mass is 16.4. The van der Waals surface area contributed by atoms with Gasteiger partial charge in [-0.3, -0.25) is 0 Å². The van der Waals surface area contributed by atoms with Gasteiger partial charge in [-0.1, -0.05) is 0 Å². The second-order valence-electron chi connectivity index (χ2n) is 4.04. The Morgan fingerprint density at radius 3 is 2.65 bits per heavy atom. The molecule has 0 unspecified atom stereocenters. The van der Waals surface area contributed by atoms with Gasteiger partial charge in [0, 0.05) is 19.3 Å². The number of nitrogens with zero attached hydrogens (tertiary/aromatic N) is 3. The van der Waals surface area contributed by atoms with E-state index >= 15 is 0 Å². The van der Waals surface area contributed by atoms with Gasteiger partial charge in [-0.2, -0.15) is 0 Å². The zero-order chi connectivity index (χ0) is 12.3. The Kier molecular flexibility index (Phi) is 3.53. The minimum absolute atomic E-state index is 0.0340. The summed E-state index contributed by atoms with van der Waals surface area (Å²) in [5, 5.41) is 18.0. The van der Waals surface area contributed by atoms with Crippen molar-refractivity contribution >= 4 is 11.9 Å². The zero-order valence-corrected chi connectivity index (χ0v) is 9.46. The topological polar surface area (TPSA) is 86.5 Å². The van der Waals surface area contributed by atoms with Crippen LogP contribution in [0.2, 0.25) is 0 Å². The van der Waals surface area contributed by atoms with E-state index in [1.807, 2.05) is 4.90 Å². The first-order chi connectivity index (χ1) is 8.22. The normalized spacial score (nSPS) is 15.9. The second-order valence-corrected chi connectivity index (χ2v) is 4.04. The van der Waals surface area contributed by atoms with Gasteiger partial charge in [0.15, 0.2) is 0 Å². The molecule has 1 aromatic heterocycles. The van der Waals surface area contributed by atoms with E-state index in [1.165, 1.54) is 12.6 Å². The van der Waals surface area contributed by atoms with Gasteiger partial charge in [0.05, 0.1) is 12.3 Å². The van der Waals surface area contributed by atoms with Crippen LogP contribution in [0.4, 0.5) is 5.95 Å². The molecule has 0 amide bonds. The summed E-state index contributed by atoms with van der Waals surface area (Å²) < 4.78 is 0. The molecule has 0 radical (unpaired) electrons. The molecule has 1 fully saturated rings. The lowest BCUT2D eigenvalue weighted by Crippen LogP contribution is -2.31. The number of carboxylic acid groups (broad SMARTS) is 1. The van der Waals surface area contributed by atoms with Crippen molar-refractivity contribution < 1.29 is 15.0 Å². The van der Waals surface area contributed by atoms with E-state index in [0.29, 0.717) is 5.95 Å². The van der Waals surface area contributed by atoms with Crippen molar-refractivity contribution in [2.45, 2.75) is 25.9 Å². The van der Waals surface area contributed by atoms with E-state index in [9.17, 15) is 4.79 Å². The Labute approximate surface area is 98.9 Å². The van der Waals surface area contributed by atoms with Crippen molar-refractivity contribution in [1.29, 1.82) is 0 Å². The third-order valence-electron chi connectivity index (χ3n) is 2.87. The molecule has 1 aliphatic heterocycles. The van der Waals surface area contributed by atoms with Crippen LogP contribution in [0.3, 0.4) is 0 Å². The maximum absolute atomic E-state index is 10.9. The predicted molar refractivity (Wildman–Crippen MR) is 61.0 cm³/mol. The largest absolute Gasteiger partial charge is 0.478 e. The molecule has 0 aromatic carbocycles.